The summed E-state index contributed by atoms with van der Waals surface area (Å²) in [5.74, 6) is -0.395. The number of primary amides is 1. The summed E-state index contributed by atoms with van der Waals surface area (Å²) in [5.41, 5.74) is 8.28. The molecule has 2 aromatic rings. The largest absolute Gasteiger partial charge is 0.435 e. The van der Waals surface area contributed by atoms with Crippen LogP contribution in [-0.4, -0.2) is 17.5 Å². The van der Waals surface area contributed by atoms with E-state index in [1.165, 1.54) is 12.3 Å². The molecule has 0 spiro atoms. The lowest BCUT2D eigenvalue weighted by Gasteiger charge is -2.28. The van der Waals surface area contributed by atoms with Gasteiger partial charge in [-0.2, -0.15) is 8.78 Å². The number of alkyl halides is 2. The fraction of sp³-hybridized carbons (Fsp3) is 0.294. The number of nitrogens with zero attached hydrogens (tertiary/aromatic N) is 1. The number of amides is 1. The Labute approximate surface area is 137 Å². The van der Waals surface area contributed by atoms with Gasteiger partial charge >= 0.3 is 6.61 Å². The van der Waals surface area contributed by atoms with Gasteiger partial charge in [0.05, 0.1) is 17.3 Å². The van der Waals surface area contributed by atoms with Gasteiger partial charge in [-0.1, -0.05) is 6.07 Å². The molecular formula is C17H17F2N3O2. The number of hydrogen-bond donors (Lipinski definition) is 2. The summed E-state index contributed by atoms with van der Waals surface area (Å²) >= 11 is 0. The van der Waals surface area contributed by atoms with Crippen molar-refractivity contribution in [2.24, 2.45) is 5.73 Å². The van der Waals surface area contributed by atoms with Crippen LogP contribution in [0.3, 0.4) is 0 Å². The fourth-order valence-electron chi connectivity index (χ4n) is 3.02. The molecule has 3 N–H and O–H groups in total. The van der Waals surface area contributed by atoms with E-state index in [0.29, 0.717) is 11.3 Å². The van der Waals surface area contributed by atoms with Gasteiger partial charge in [-0.15, -0.1) is 0 Å². The minimum Gasteiger partial charge on any atom is -0.435 e. The van der Waals surface area contributed by atoms with Crippen molar-refractivity contribution in [2.45, 2.75) is 31.9 Å². The number of aromatic nitrogens is 1. The zero-order chi connectivity index (χ0) is 17.1. The van der Waals surface area contributed by atoms with Crippen molar-refractivity contribution in [3.63, 3.8) is 0 Å². The third-order valence-electron chi connectivity index (χ3n) is 4.07. The molecule has 126 valence electrons. The Morgan fingerprint density at radius 2 is 2.21 bits per heavy atom. The first kappa shape index (κ1) is 16.2. The number of halogens is 2. The topological polar surface area (TPSA) is 77.2 Å². The molecule has 3 rings (SSSR count). The molecular weight excluding hydrogens is 316 g/mol. The Morgan fingerprint density at radius 3 is 2.96 bits per heavy atom. The summed E-state index contributed by atoms with van der Waals surface area (Å²) in [5, 5.41) is 3.32. The van der Waals surface area contributed by atoms with Gasteiger partial charge in [-0.3, -0.25) is 9.78 Å². The smallest absolute Gasteiger partial charge is 0.387 e. The molecule has 0 fully saturated rings. The summed E-state index contributed by atoms with van der Waals surface area (Å²) in [7, 11) is 0. The predicted molar refractivity (Wildman–Crippen MR) is 85.1 cm³/mol. The van der Waals surface area contributed by atoms with Gasteiger partial charge in [-0.25, -0.2) is 0 Å². The number of hydrogen-bond acceptors (Lipinski definition) is 4. The summed E-state index contributed by atoms with van der Waals surface area (Å²) in [6, 6.07) is 6.64. The predicted octanol–water partition coefficient (Wildman–Crippen LogP) is 3.27. The first-order valence-corrected chi connectivity index (χ1v) is 7.62. The lowest BCUT2D eigenvalue weighted by molar-refractivity contribution is -0.0499. The molecule has 24 heavy (non-hydrogen) atoms. The number of fused-ring (bicyclic) bond motifs is 1. The molecule has 1 aliphatic rings. The van der Waals surface area contributed by atoms with Gasteiger partial charge in [0.1, 0.15) is 5.75 Å². The summed E-state index contributed by atoms with van der Waals surface area (Å²) in [4.78, 5) is 15.4. The second kappa shape index (κ2) is 6.82. The van der Waals surface area contributed by atoms with Crippen LogP contribution in [0.5, 0.6) is 5.75 Å². The van der Waals surface area contributed by atoms with Crippen LogP contribution in [0.4, 0.5) is 14.5 Å². The lowest BCUT2D eigenvalue weighted by Crippen LogP contribution is -2.20. The molecule has 1 aromatic carbocycles. The number of aryl methyl sites for hydroxylation is 1. The zero-order valence-electron chi connectivity index (χ0n) is 12.8. The van der Waals surface area contributed by atoms with E-state index in [1.54, 1.807) is 24.4 Å². The number of anilines is 1. The molecule has 7 heteroatoms. The monoisotopic (exact) mass is 333 g/mol. The van der Waals surface area contributed by atoms with Gasteiger partial charge in [0.25, 0.3) is 5.91 Å². The third-order valence-corrected chi connectivity index (χ3v) is 4.07. The molecule has 0 saturated heterocycles. The lowest BCUT2D eigenvalue weighted by atomic mass is 9.87. The van der Waals surface area contributed by atoms with E-state index in [1.807, 2.05) is 0 Å². The second-order valence-corrected chi connectivity index (χ2v) is 5.61. The van der Waals surface area contributed by atoms with Crippen molar-refractivity contribution in [3.8, 4) is 5.75 Å². The summed E-state index contributed by atoms with van der Waals surface area (Å²) in [6.07, 6.45) is 5.57. The molecule has 1 amide bonds. The number of rotatable bonds is 5. The van der Waals surface area contributed by atoms with Gasteiger partial charge in [0.2, 0.25) is 0 Å². The van der Waals surface area contributed by atoms with Crippen molar-refractivity contribution in [1.29, 1.82) is 0 Å². The van der Waals surface area contributed by atoms with Crippen molar-refractivity contribution in [1.82, 2.24) is 4.98 Å². The van der Waals surface area contributed by atoms with Crippen LogP contribution < -0.4 is 15.8 Å². The van der Waals surface area contributed by atoms with Crippen LogP contribution in [0.25, 0.3) is 0 Å². The zero-order valence-corrected chi connectivity index (χ0v) is 12.8. The van der Waals surface area contributed by atoms with Crippen LogP contribution in [0.1, 0.15) is 40.4 Å². The Hall–Kier alpha value is -2.70. The summed E-state index contributed by atoms with van der Waals surface area (Å²) < 4.78 is 29.2. The Kier molecular flexibility index (Phi) is 4.59. The van der Waals surface area contributed by atoms with Crippen molar-refractivity contribution >= 4 is 11.6 Å². The molecule has 1 heterocycles. The molecule has 1 atom stereocenters. The number of pyridine rings is 1. The second-order valence-electron chi connectivity index (χ2n) is 5.61. The molecule has 0 radical (unpaired) electrons. The van der Waals surface area contributed by atoms with Gasteiger partial charge in [0, 0.05) is 12.4 Å². The molecule has 0 bridgehead atoms. The van der Waals surface area contributed by atoms with E-state index in [4.69, 9.17) is 5.73 Å². The van der Waals surface area contributed by atoms with Crippen molar-refractivity contribution in [2.75, 3.05) is 5.32 Å². The van der Waals surface area contributed by atoms with E-state index in [2.05, 4.69) is 15.0 Å². The highest BCUT2D eigenvalue weighted by Crippen LogP contribution is 2.35. The normalized spacial score (nSPS) is 16.5. The van der Waals surface area contributed by atoms with Gasteiger partial charge < -0.3 is 15.8 Å². The average Bonchev–Trinajstić information content (AvgIpc) is 2.54. The number of nitrogens with one attached hydrogen (secondary N) is 1. The molecule has 1 aliphatic carbocycles. The standard InChI is InChI=1S/C17H17F2N3O2/c18-17(19)24-11-4-5-12-10(8-11)2-1-3-14(12)22-15-6-7-21-9-13(15)16(20)23/h4-9,14,17H,1-3H2,(H2,20,23)(H,21,22). The Bertz CT molecular complexity index is 752. The highest BCUT2D eigenvalue weighted by atomic mass is 19.3. The van der Waals surface area contributed by atoms with E-state index < -0.39 is 12.5 Å². The summed E-state index contributed by atoms with van der Waals surface area (Å²) in [6.45, 7) is -2.84. The van der Waals surface area contributed by atoms with Crippen molar-refractivity contribution in [3.05, 3.63) is 53.3 Å². The molecule has 1 aromatic heterocycles. The number of nitrogens with two attached hydrogens (primary N) is 1. The number of carbonyl (C=O) groups is 1. The maximum absolute atomic E-state index is 12.4. The Balaban J connectivity index is 1.86. The van der Waals surface area contributed by atoms with E-state index in [0.717, 1.165) is 30.4 Å². The number of ether oxygens (including phenoxy) is 1. The highest BCUT2D eigenvalue weighted by molar-refractivity contribution is 5.98. The van der Waals surface area contributed by atoms with Crippen LogP contribution in [0.2, 0.25) is 0 Å². The molecule has 5 nitrogen and oxygen atoms in total. The van der Waals surface area contributed by atoms with Gasteiger partial charge in [0.15, 0.2) is 0 Å². The number of carbonyl (C=O) groups excluding carboxylic acids is 1. The molecule has 1 unspecified atom stereocenters. The molecule has 0 aliphatic heterocycles. The number of benzene rings is 1. The average molecular weight is 333 g/mol. The first-order chi connectivity index (χ1) is 11.5. The Morgan fingerprint density at radius 1 is 1.38 bits per heavy atom. The van der Waals surface area contributed by atoms with Gasteiger partial charge in [-0.05, 0) is 48.6 Å². The first-order valence-electron chi connectivity index (χ1n) is 7.62. The van der Waals surface area contributed by atoms with E-state index in [9.17, 15) is 13.6 Å². The molecule has 0 saturated carbocycles. The maximum Gasteiger partial charge on any atom is 0.387 e. The maximum atomic E-state index is 12.4. The van der Waals surface area contributed by atoms with Crippen LogP contribution in [0, 0.1) is 0 Å². The fourth-order valence-corrected chi connectivity index (χ4v) is 3.02. The van der Waals surface area contributed by atoms with Crippen LogP contribution in [-0.2, 0) is 6.42 Å². The van der Waals surface area contributed by atoms with Crippen LogP contribution >= 0.6 is 0 Å². The highest BCUT2D eigenvalue weighted by Gasteiger charge is 2.22. The van der Waals surface area contributed by atoms with Crippen molar-refractivity contribution < 1.29 is 18.3 Å². The minimum absolute atomic E-state index is 0.0325. The van der Waals surface area contributed by atoms with E-state index >= 15 is 0 Å². The quantitative estimate of drug-likeness (QED) is 0.880. The van der Waals surface area contributed by atoms with E-state index in [-0.39, 0.29) is 11.8 Å². The third kappa shape index (κ3) is 3.45. The SMILES string of the molecule is NC(=O)c1cnccc1NC1CCCc2cc(OC(F)F)ccc21. The van der Waals surface area contributed by atoms with Crippen LogP contribution in [0.15, 0.2) is 36.7 Å². The minimum atomic E-state index is -2.84.